The summed E-state index contributed by atoms with van der Waals surface area (Å²) in [7, 11) is 0. The second-order valence-electron chi connectivity index (χ2n) is 3.80. The molecule has 86 valence electrons. The fourth-order valence-electron chi connectivity index (χ4n) is 1.17. The van der Waals surface area contributed by atoms with Crippen molar-refractivity contribution in [1.29, 1.82) is 0 Å². The van der Waals surface area contributed by atoms with Crippen molar-refractivity contribution in [3.63, 3.8) is 0 Å². The summed E-state index contributed by atoms with van der Waals surface area (Å²) in [4.78, 5) is 22.0. The molecule has 1 amide bonds. The Bertz CT molecular complexity index is 374. The van der Waals surface area contributed by atoms with Crippen LogP contribution in [0.5, 0.6) is 0 Å². The lowest BCUT2D eigenvalue weighted by molar-refractivity contribution is -0.105. The minimum atomic E-state index is -0.418. The van der Waals surface area contributed by atoms with Crippen LogP contribution >= 0.6 is 0 Å². The molecule has 0 bridgehead atoms. The van der Waals surface area contributed by atoms with Crippen molar-refractivity contribution >= 4 is 18.1 Å². The summed E-state index contributed by atoms with van der Waals surface area (Å²) in [6.45, 7) is 4.29. The molecule has 0 aliphatic carbocycles. The fourth-order valence-corrected chi connectivity index (χ4v) is 1.17. The zero-order valence-electron chi connectivity index (χ0n) is 9.40. The molecule has 0 fully saturated rings. The van der Waals surface area contributed by atoms with Crippen LogP contribution in [-0.2, 0) is 9.53 Å². The molecule has 0 heterocycles. The Balaban J connectivity index is 2.77. The number of nitrogens with one attached hydrogen (secondary N) is 1. The normalized spacial score (nSPS) is 9.94. The quantitative estimate of drug-likeness (QED) is 0.611. The third-order valence-corrected chi connectivity index (χ3v) is 1.91. The highest BCUT2D eigenvalue weighted by Gasteiger charge is 2.12. The number of carbonyl (C=O) groups excluding carboxylic acids is 2. The molecular formula is C12H15NO3. The van der Waals surface area contributed by atoms with E-state index in [1.807, 2.05) is 13.8 Å². The molecule has 0 atom stereocenters. The number of carbonyl (C=O) groups is 2. The Hall–Kier alpha value is -1.84. The monoisotopic (exact) mass is 221 g/mol. The predicted molar refractivity (Wildman–Crippen MR) is 61.2 cm³/mol. The van der Waals surface area contributed by atoms with Gasteiger partial charge in [0, 0.05) is 0 Å². The predicted octanol–water partition coefficient (Wildman–Crippen LogP) is 2.07. The largest absolute Gasteiger partial charge is 0.462 e. The molecule has 1 N–H and O–H groups in total. The molecule has 1 aromatic rings. The number of rotatable bonds is 5. The van der Waals surface area contributed by atoms with Gasteiger partial charge in [0.05, 0.1) is 17.9 Å². The molecule has 4 heteroatoms. The summed E-state index contributed by atoms with van der Waals surface area (Å²) in [6.07, 6.45) is 0.536. The van der Waals surface area contributed by atoms with Crippen LogP contribution in [0.25, 0.3) is 0 Å². The summed E-state index contributed by atoms with van der Waals surface area (Å²) >= 11 is 0. The van der Waals surface area contributed by atoms with E-state index in [-0.39, 0.29) is 5.92 Å². The van der Waals surface area contributed by atoms with Gasteiger partial charge in [0.2, 0.25) is 6.41 Å². The number of hydrogen-bond donors (Lipinski definition) is 1. The molecule has 1 aromatic carbocycles. The molecule has 0 unspecified atom stereocenters. The standard InChI is InChI=1S/C12H15NO3/c1-9(2)7-16-12(15)10-5-3-4-6-11(10)13-8-14/h3-6,8-9H,7H2,1-2H3,(H,13,14). The topological polar surface area (TPSA) is 55.4 Å². The van der Waals surface area contributed by atoms with E-state index < -0.39 is 5.97 Å². The molecular weight excluding hydrogens is 206 g/mol. The molecule has 0 radical (unpaired) electrons. The van der Waals surface area contributed by atoms with E-state index in [2.05, 4.69) is 5.32 Å². The lowest BCUT2D eigenvalue weighted by atomic mass is 10.2. The highest BCUT2D eigenvalue weighted by atomic mass is 16.5. The van der Waals surface area contributed by atoms with Gasteiger partial charge < -0.3 is 10.1 Å². The van der Waals surface area contributed by atoms with Gasteiger partial charge in [-0.15, -0.1) is 0 Å². The van der Waals surface area contributed by atoms with E-state index in [1.54, 1.807) is 24.3 Å². The lowest BCUT2D eigenvalue weighted by Crippen LogP contribution is -2.12. The van der Waals surface area contributed by atoms with Crippen LogP contribution in [0.2, 0.25) is 0 Å². The maximum atomic E-state index is 11.7. The molecule has 1 rings (SSSR count). The van der Waals surface area contributed by atoms with E-state index in [4.69, 9.17) is 4.74 Å². The van der Waals surface area contributed by atoms with Gasteiger partial charge in [0.15, 0.2) is 0 Å². The summed E-state index contributed by atoms with van der Waals surface area (Å²) < 4.78 is 5.08. The number of benzene rings is 1. The first kappa shape index (κ1) is 12.2. The van der Waals surface area contributed by atoms with Crippen LogP contribution in [0, 0.1) is 5.92 Å². The third-order valence-electron chi connectivity index (χ3n) is 1.91. The van der Waals surface area contributed by atoms with Crippen LogP contribution in [-0.4, -0.2) is 19.0 Å². The zero-order valence-corrected chi connectivity index (χ0v) is 9.40. The fraction of sp³-hybridized carbons (Fsp3) is 0.333. The molecule has 0 aliphatic heterocycles. The summed E-state index contributed by atoms with van der Waals surface area (Å²) in [5.74, 6) is -0.131. The van der Waals surface area contributed by atoms with Gasteiger partial charge in [-0.2, -0.15) is 0 Å². The van der Waals surface area contributed by atoms with Crippen molar-refractivity contribution in [2.45, 2.75) is 13.8 Å². The Morgan fingerprint density at radius 2 is 2.12 bits per heavy atom. The Kier molecular flexibility index (Phi) is 4.51. The second kappa shape index (κ2) is 5.90. The number of hydrogen-bond acceptors (Lipinski definition) is 3. The van der Waals surface area contributed by atoms with Crippen LogP contribution < -0.4 is 5.32 Å². The van der Waals surface area contributed by atoms with E-state index >= 15 is 0 Å². The van der Waals surface area contributed by atoms with Crippen LogP contribution in [0.15, 0.2) is 24.3 Å². The average molecular weight is 221 g/mol. The van der Waals surface area contributed by atoms with Crippen molar-refractivity contribution < 1.29 is 14.3 Å². The van der Waals surface area contributed by atoms with Gasteiger partial charge in [0.1, 0.15) is 0 Å². The van der Waals surface area contributed by atoms with Gasteiger partial charge in [-0.25, -0.2) is 4.79 Å². The minimum absolute atomic E-state index is 0.287. The Labute approximate surface area is 94.6 Å². The van der Waals surface area contributed by atoms with Crippen molar-refractivity contribution in [2.24, 2.45) is 5.92 Å². The average Bonchev–Trinajstić information content (AvgIpc) is 2.27. The van der Waals surface area contributed by atoms with Crippen LogP contribution in [0.1, 0.15) is 24.2 Å². The lowest BCUT2D eigenvalue weighted by Gasteiger charge is -2.09. The van der Waals surface area contributed by atoms with Crippen molar-refractivity contribution in [2.75, 3.05) is 11.9 Å². The van der Waals surface area contributed by atoms with Gasteiger partial charge in [-0.05, 0) is 18.1 Å². The molecule has 0 spiro atoms. The summed E-state index contributed by atoms with van der Waals surface area (Å²) in [5.41, 5.74) is 0.835. The maximum absolute atomic E-state index is 11.7. The van der Waals surface area contributed by atoms with Gasteiger partial charge >= 0.3 is 5.97 Å². The second-order valence-corrected chi connectivity index (χ2v) is 3.80. The molecule has 0 aromatic heterocycles. The van der Waals surface area contributed by atoms with Crippen molar-refractivity contribution in [3.05, 3.63) is 29.8 Å². The zero-order chi connectivity index (χ0) is 12.0. The van der Waals surface area contributed by atoms with E-state index in [0.717, 1.165) is 0 Å². The molecule has 16 heavy (non-hydrogen) atoms. The molecule has 0 aliphatic rings. The highest BCUT2D eigenvalue weighted by Crippen LogP contribution is 2.15. The number of esters is 1. The van der Waals surface area contributed by atoms with Crippen LogP contribution in [0.3, 0.4) is 0 Å². The Morgan fingerprint density at radius 3 is 2.75 bits per heavy atom. The third kappa shape index (κ3) is 3.38. The first-order valence-corrected chi connectivity index (χ1v) is 5.11. The minimum Gasteiger partial charge on any atom is -0.462 e. The van der Waals surface area contributed by atoms with Crippen molar-refractivity contribution in [1.82, 2.24) is 0 Å². The van der Waals surface area contributed by atoms with Gasteiger partial charge in [0.25, 0.3) is 0 Å². The first-order chi connectivity index (χ1) is 7.65. The first-order valence-electron chi connectivity index (χ1n) is 5.11. The number of anilines is 1. The Morgan fingerprint density at radius 1 is 1.44 bits per heavy atom. The highest BCUT2D eigenvalue weighted by molar-refractivity contribution is 5.97. The van der Waals surface area contributed by atoms with E-state index in [9.17, 15) is 9.59 Å². The molecule has 0 saturated carbocycles. The van der Waals surface area contributed by atoms with E-state index in [0.29, 0.717) is 24.3 Å². The maximum Gasteiger partial charge on any atom is 0.340 e. The van der Waals surface area contributed by atoms with Gasteiger partial charge in [-0.3, -0.25) is 4.79 Å². The smallest absolute Gasteiger partial charge is 0.340 e. The molecule has 4 nitrogen and oxygen atoms in total. The number of ether oxygens (including phenoxy) is 1. The SMILES string of the molecule is CC(C)COC(=O)c1ccccc1NC=O. The van der Waals surface area contributed by atoms with Crippen LogP contribution in [0.4, 0.5) is 5.69 Å². The molecule has 0 saturated heterocycles. The number of para-hydroxylation sites is 1. The van der Waals surface area contributed by atoms with Gasteiger partial charge in [-0.1, -0.05) is 26.0 Å². The summed E-state index contributed by atoms with van der Waals surface area (Å²) in [5, 5.41) is 2.46. The van der Waals surface area contributed by atoms with E-state index in [1.165, 1.54) is 0 Å². The van der Waals surface area contributed by atoms with Crippen molar-refractivity contribution in [3.8, 4) is 0 Å². The number of amides is 1. The summed E-state index contributed by atoms with van der Waals surface area (Å²) in [6, 6.07) is 6.74.